The molecular weight excluding hydrogens is 450 g/mol. The molecule has 0 aliphatic heterocycles. The van der Waals surface area contributed by atoms with Crippen LogP contribution in [0.15, 0.2) is 133 Å². The van der Waals surface area contributed by atoms with Crippen LogP contribution in [0, 0.1) is 0 Å². The van der Waals surface area contributed by atoms with Crippen molar-refractivity contribution in [1.29, 1.82) is 0 Å². The fourth-order valence-electron chi connectivity index (χ4n) is 5.45. The molecule has 0 aliphatic rings. The van der Waals surface area contributed by atoms with Gasteiger partial charge in [0.05, 0.1) is 11.4 Å². The minimum atomic E-state index is 0.947. The van der Waals surface area contributed by atoms with E-state index in [-0.39, 0.29) is 0 Å². The number of rotatable bonds is 5. The molecule has 0 spiro atoms. The highest BCUT2D eigenvalue weighted by Gasteiger charge is 2.19. The lowest BCUT2D eigenvalue weighted by Crippen LogP contribution is -2.25. The molecule has 176 valence electrons. The number of nitrogens with two attached hydrogens (primary N) is 1. The Morgan fingerprint density at radius 1 is 0.541 bits per heavy atom. The summed E-state index contributed by atoms with van der Waals surface area (Å²) in [6.07, 6.45) is 0. The molecule has 0 saturated heterocycles. The maximum Gasteiger partial charge on any atom is 0.0660 e. The van der Waals surface area contributed by atoms with Gasteiger partial charge in [0.15, 0.2) is 0 Å². The lowest BCUT2D eigenvalue weighted by atomic mass is 9.88. The molecule has 0 aliphatic carbocycles. The minimum absolute atomic E-state index is 0.947. The maximum atomic E-state index is 6.81. The number of para-hydroxylation sites is 2. The van der Waals surface area contributed by atoms with Gasteiger partial charge in [-0.3, -0.25) is 5.01 Å². The summed E-state index contributed by atoms with van der Waals surface area (Å²) >= 11 is 0. The van der Waals surface area contributed by atoms with Crippen molar-refractivity contribution in [3.05, 3.63) is 133 Å². The van der Waals surface area contributed by atoms with Crippen molar-refractivity contribution in [2.24, 2.45) is 5.84 Å². The SMILES string of the molecule is NN(c1ccccc1)c1cc(-c2ccccc2)c2ccc3c(Nc4ccccc4)ccc4ccc1c2c43. The van der Waals surface area contributed by atoms with Crippen LogP contribution in [0.4, 0.5) is 22.7 Å². The zero-order valence-electron chi connectivity index (χ0n) is 20.2. The van der Waals surface area contributed by atoms with E-state index in [4.69, 9.17) is 5.84 Å². The van der Waals surface area contributed by atoms with Gasteiger partial charge in [0.25, 0.3) is 0 Å². The fraction of sp³-hybridized carbons (Fsp3) is 0. The Kier molecular flexibility index (Phi) is 5.02. The summed E-state index contributed by atoms with van der Waals surface area (Å²) in [4.78, 5) is 0. The van der Waals surface area contributed by atoms with Gasteiger partial charge in [-0.1, -0.05) is 97.1 Å². The van der Waals surface area contributed by atoms with Gasteiger partial charge in [-0.05, 0) is 63.7 Å². The molecular formula is C34H25N3. The third kappa shape index (κ3) is 3.56. The topological polar surface area (TPSA) is 41.3 Å². The molecule has 3 N–H and O–H groups in total. The van der Waals surface area contributed by atoms with E-state index in [2.05, 4.69) is 102 Å². The third-order valence-electron chi connectivity index (χ3n) is 7.19. The average Bonchev–Trinajstić information content (AvgIpc) is 2.97. The Hall–Kier alpha value is -4.86. The highest BCUT2D eigenvalue weighted by molar-refractivity contribution is 6.29. The predicted octanol–water partition coefficient (Wildman–Crippen LogP) is 9.01. The molecule has 7 aromatic rings. The Bertz CT molecular complexity index is 1850. The van der Waals surface area contributed by atoms with E-state index in [1.54, 1.807) is 5.01 Å². The second kappa shape index (κ2) is 8.66. The van der Waals surface area contributed by atoms with Crippen LogP contribution in [0.1, 0.15) is 0 Å². The number of anilines is 4. The molecule has 0 aromatic heterocycles. The van der Waals surface area contributed by atoms with Crippen LogP contribution >= 0.6 is 0 Å². The number of hydrazine groups is 1. The van der Waals surface area contributed by atoms with Gasteiger partial charge < -0.3 is 5.32 Å². The van der Waals surface area contributed by atoms with Crippen LogP contribution in [0.3, 0.4) is 0 Å². The molecule has 0 bridgehead atoms. The van der Waals surface area contributed by atoms with Crippen molar-refractivity contribution >= 4 is 55.1 Å². The van der Waals surface area contributed by atoms with Crippen LogP contribution in [-0.4, -0.2) is 0 Å². The van der Waals surface area contributed by atoms with Crippen LogP contribution < -0.4 is 16.2 Å². The molecule has 0 radical (unpaired) electrons. The monoisotopic (exact) mass is 475 g/mol. The summed E-state index contributed by atoms with van der Waals surface area (Å²) in [5.74, 6) is 6.81. The van der Waals surface area contributed by atoms with Gasteiger partial charge in [-0.2, -0.15) is 0 Å². The van der Waals surface area contributed by atoms with Crippen LogP contribution in [0.5, 0.6) is 0 Å². The summed E-state index contributed by atoms with van der Waals surface area (Å²) in [5, 5.41) is 12.7. The van der Waals surface area contributed by atoms with Gasteiger partial charge in [-0.15, -0.1) is 0 Å². The van der Waals surface area contributed by atoms with Gasteiger partial charge in [0.1, 0.15) is 0 Å². The maximum absolute atomic E-state index is 6.81. The highest BCUT2D eigenvalue weighted by atomic mass is 15.4. The van der Waals surface area contributed by atoms with Crippen molar-refractivity contribution in [2.75, 3.05) is 10.3 Å². The van der Waals surface area contributed by atoms with Crippen molar-refractivity contribution in [2.45, 2.75) is 0 Å². The zero-order chi connectivity index (χ0) is 24.8. The van der Waals surface area contributed by atoms with Gasteiger partial charge >= 0.3 is 0 Å². The van der Waals surface area contributed by atoms with E-state index in [0.29, 0.717) is 0 Å². The fourth-order valence-corrected chi connectivity index (χ4v) is 5.45. The molecule has 0 unspecified atom stereocenters. The van der Waals surface area contributed by atoms with Crippen molar-refractivity contribution in [3.63, 3.8) is 0 Å². The van der Waals surface area contributed by atoms with E-state index >= 15 is 0 Å². The van der Waals surface area contributed by atoms with Crippen LogP contribution in [-0.2, 0) is 0 Å². The van der Waals surface area contributed by atoms with Gasteiger partial charge in [0, 0.05) is 27.5 Å². The first-order valence-electron chi connectivity index (χ1n) is 12.5. The molecule has 37 heavy (non-hydrogen) atoms. The summed E-state index contributed by atoms with van der Waals surface area (Å²) in [5.41, 5.74) is 6.43. The van der Waals surface area contributed by atoms with E-state index < -0.39 is 0 Å². The van der Waals surface area contributed by atoms with E-state index in [0.717, 1.165) is 28.1 Å². The van der Waals surface area contributed by atoms with Crippen LogP contribution in [0.2, 0.25) is 0 Å². The van der Waals surface area contributed by atoms with Crippen molar-refractivity contribution < 1.29 is 0 Å². The first kappa shape index (κ1) is 21.4. The Morgan fingerprint density at radius 3 is 1.92 bits per heavy atom. The normalized spacial score (nSPS) is 11.4. The summed E-state index contributed by atoms with van der Waals surface area (Å²) in [6.45, 7) is 0. The molecule has 0 heterocycles. The Balaban J connectivity index is 1.56. The number of benzene rings is 7. The first-order valence-corrected chi connectivity index (χ1v) is 12.5. The lowest BCUT2D eigenvalue weighted by molar-refractivity contribution is 1.10. The standard InChI is InChI=1S/C34H25N3/c35-37(26-14-8-3-9-15-26)32-22-30(23-10-4-1-5-11-23)27-19-20-28-31(36-25-12-6-2-7-13-25)21-17-24-16-18-29(32)34(27)33(24)28/h1-22,36H,35H2. The molecule has 0 atom stereocenters. The van der Waals surface area contributed by atoms with Crippen molar-refractivity contribution in [3.8, 4) is 11.1 Å². The second-order valence-corrected chi connectivity index (χ2v) is 9.37. The number of hydrogen-bond acceptors (Lipinski definition) is 3. The Labute approximate surface area is 215 Å². The minimum Gasteiger partial charge on any atom is -0.355 e. The average molecular weight is 476 g/mol. The molecule has 0 saturated carbocycles. The summed E-state index contributed by atoms with van der Waals surface area (Å²) < 4.78 is 0. The quantitative estimate of drug-likeness (QED) is 0.148. The van der Waals surface area contributed by atoms with Crippen molar-refractivity contribution in [1.82, 2.24) is 0 Å². The number of nitrogens with zero attached hydrogens (tertiary/aromatic N) is 1. The van der Waals surface area contributed by atoms with Crippen LogP contribution in [0.25, 0.3) is 43.4 Å². The summed E-state index contributed by atoms with van der Waals surface area (Å²) in [7, 11) is 0. The molecule has 3 nitrogen and oxygen atoms in total. The van der Waals surface area contributed by atoms with Gasteiger partial charge in [-0.25, -0.2) is 5.84 Å². The molecule has 7 aromatic carbocycles. The Morgan fingerprint density at radius 2 is 1.16 bits per heavy atom. The third-order valence-corrected chi connectivity index (χ3v) is 7.19. The molecule has 3 heteroatoms. The first-order chi connectivity index (χ1) is 18.3. The molecule has 0 amide bonds. The smallest absolute Gasteiger partial charge is 0.0660 e. The van der Waals surface area contributed by atoms with E-state index in [1.165, 1.54) is 38.1 Å². The number of hydrogen-bond donors (Lipinski definition) is 2. The highest BCUT2D eigenvalue weighted by Crippen LogP contribution is 2.46. The van der Waals surface area contributed by atoms with Gasteiger partial charge in [0.2, 0.25) is 0 Å². The number of nitrogens with one attached hydrogen (secondary N) is 1. The largest absolute Gasteiger partial charge is 0.355 e. The van der Waals surface area contributed by atoms with E-state index in [1.807, 2.05) is 36.4 Å². The summed E-state index contributed by atoms with van der Waals surface area (Å²) in [6, 6.07) is 46.6. The molecule has 0 fully saturated rings. The molecule has 7 rings (SSSR count). The second-order valence-electron chi connectivity index (χ2n) is 9.37. The lowest BCUT2D eigenvalue weighted by Gasteiger charge is -2.25. The zero-order valence-corrected chi connectivity index (χ0v) is 20.2. The predicted molar refractivity (Wildman–Crippen MR) is 158 cm³/mol. The van der Waals surface area contributed by atoms with E-state index in [9.17, 15) is 0 Å².